The van der Waals surface area contributed by atoms with Crippen molar-refractivity contribution >= 4 is 11.6 Å². The Balaban J connectivity index is 2.10. The van der Waals surface area contributed by atoms with E-state index in [1.165, 1.54) is 11.3 Å². The molecule has 1 aromatic rings. The summed E-state index contributed by atoms with van der Waals surface area (Å²) in [5.41, 5.74) is 7.94. The minimum absolute atomic E-state index is 0.0919. The van der Waals surface area contributed by atoms with Crippen LogP contribution in [0.3, 0.4) is 0 Å². The molecule has 1 aromatic carbocycles. The predicted octanol–water partition coefficient (Wildman–Crippen LogP) is 1.08. The van der Waals surface area contributed by atoms with Crippen LogP contribution < -0.4 is 10.6 Å². The molecule has 0 aliphatic carbocycles. The van der Waals surface area contributed by atoms with Gasteiger partial charge < -0.3 is 20.3 Å². The van der Waals surface area contributed by atoms with E-state index in [0.29, 0.717) is 13.1 Å². The van der Waals surface area contributed by atoms with E-state index in [1.54, 1.807) is 4.90 Å². The molecule has 0 radical (unpaired) electrons. The highest BCUT2D eigenvalue weighted by Crippen LogP contribution is 2.23. The first-order valence-electron chi connectivity index (χ1n) is 7.49. The molecule has 1 aliphatic heterocycles. The first-order chi connectivity index (χ1) is 10.1. The maximum absolute atomic E-state index is 12.2. The van der Waals surface area contributed by atoms with Crippen LogP contribution >= 0.6 is 0 Å². The van der Waals surface area contributed by atoms with Gasteiger partial charge in [-0.05, 0) is 11.6 Å². The van der Waals surface area contributed by atoms with E-state index < -0.39 is 0 Å². The van der Waals surface area contributed by atoms with E-state index in [0.717, 1.165) is 26.3 Å². The topological polar surface area (TPSA) is 58.8 Å². The summed E-state index contributed by atoms with van der Waals surface area (Å²) in [5.74, 6) is -0.0418. The number of para-hydroxylation sites is 1. The zero-order chi connectivity index (χ0) is 15.2. The number of hydrogen-bond donors (Lipinski definition) is 1. The highest BCUT2D eigenvalue weighted by atomic mass is 16.5. The lowest BCUT2D eigenvalue weighted by atomic mass is 10.1. The second-order valence-electron chi connectivity index (χ2n) is 5.56. The molecule has 1 fully saturated rings. The van der Waals surface area contributed by atoms with Crippen molar-refractivity contribution < 1.29 is 9.53 Å². The number of carbonyl (C=O) groups excluding carboxylic acids is 1. The second kappa shape index (κ2) is 7.43. The monoisotopic (exact) mass is 291 g/mol. The van der Waals surface area contributed by atoms with Gasteiger partial charge in [0.1, 0.15) is 0 Å². The average Bonchev–Trinajstić information content (AvgIpc) is 2.54. The molecule has 21 heavy (non-hydrogen) atoms. The molecule has 0 aromatic heterocycles. The second-order valence-corrected chi connectivity index (χ2v) is 5.56. The fourth-order valence-electron chi connectivity index (χ4n) is 2.57. The number of ether oxygens (including phenoxy) is 1. The Kier molecular flexibility index (Phi) is 5.59. The minimum atomic E-state index is -0.134. The van der Waals surface area contributed by atoms with Gasteiger partial charge in [-0.3, -0.25) is 4.79 Å². The largest absolute Gasteiger partial charge is 0.378 e. The Labute approximate surface area is 126 Å². The Morgan fingerprint density at radius 1 is 1.38 bits per heavy atom. The fourth-order valence-corrected chi connectivity index (χ4v) is 2.57. The van der Waals surface area contributed by atoms with E-state index in [1.807, 2.05) is 26.1 Å². The van der Waals surface area contributed by atoms with E-state index in [4.69, 9.17) is 10.5 Å². The van der Waals surface area contributed by atoms with Gasteiger partial charge in [-0.15, -0.1) is 0 Å². The molecule has 2 rings (SSSR count). The summed E-state index contributed by atoms with van der Waals surface area (Å²) in [4.78, 5) is 16.3. The van der Waals surface area contributed by atoms with Crippen LogP contribution in [0.1, 0.15) is 12.5 Å². The van der Waals surface area contributed by atoms with Gasteiger partial charge in [0.2, 0.25) is 5.91 Å². The third kappa shape index (κ3) is 3.95. The standard InChI is InChI=1S/C16H25N3O2/c1-13(11-17)16(20)18(2)12-14-5-3-4-6-15(14)19-7-9-21-10-8-19/h3-6,13H,7-12,17H2,1-2H3. The molecular formula is C16H25N3O2. The smallest absolute Gasteiger partial charge is 0.226 e. The lowest BCUT2D eigenvalue weighted by molar-refractivity contribution is -0.133. The van der Waals surface area contributed by atoms with Crippen LogP contribution in [0.2, 0.25) is 0 Å². The summed E-state index contributed by atoms with van der Waals surface area (Å²) in [5, 5.41) is 0. The summed E-state index contributed by atoms with van der Waals surface area (Å²) >= 11 is 0. The van der Waals surface area contributed by atoms with Crippen molar-refractivity contribution in [2.45, 2.75) is 13.5 Å². The van der Waals surface area contributed by atoms with E-state index >= 15 is 0 Å². The van der Waals surface area contributed by atoms with E-state index in [9.17, 15) is 4.79 Å². The Bertz CT molecular complexity index is 472. The van der Waals surface area contributed by atoms with Crippen LogP contribution in [0, 0.1) is 5.92 Å². The number of amides is 1. The first-order valence-corrected chi connectivity index (χ1v) is 7.49. The number of nitrogens with two attached hydrogens (primary N) is 1. The number of benzene rings is 1. The van der Waals surface area contributed by atoms with Gasteiger partial charge in [-0.1, -0.05) is 25.1 Å². The average molecular weight is 291 g/mol. The van der Waals surface area contributed by atoms with Gasteiger partial charge in [-0.25, -0.2) is 0 Å². The summed E-state index contributed by atoms with van der Waals surface area (Å²) < 4.78 is 5.41. The van der Waals surface area contributed by atoms with Crippen molar-refractivity contribution in [3.63, 3.8) is 0 Å². The van der Waals surface area contributed by atoms with Gasteiger partial charge in [0.05, 0.1) is 13.2 Å². The molecule has 0 spiro atoms. The highest BCUT2D eigenvalue weighted by Gasteiger charge is 2.19. The van der Waals surface area contributed by atoms with Gasteiger partial charge >= 0.3 is 0 Å². The Hall–Kier alpha value is -1.59. The maximum atomic E-state index is 12.2. The zero-order valence-electron chi connectivity index (χ0n) is 12.9. The van der Waals surface area contributed by atoms with Crippen molar-refractivity contribution in [2.24, 2.45) is 11.7 Å². The van der Waals surface area contributed by atoms with Crippen molar-refractivity contribution in [1.29, 1.82) is 0 Å². The van der Waals surface area contributed by atoms with Crippen LogP contribution in [-0.4, -0.2) is 50.7 Å². The molecule has 5 nitrogen and oxygen atoms in total. The first kappa shape index (κ1) is 15.8. The lowest BCUT2D eigenvalue weighted by Gasteiger charge is -2.31. The number of nitrogens with zero attached hydrogens (tertiary/aromatic N) is 2. The molecule has 5 heteroatoms. The molecule has 1 aliphatic rings. The number of anilines is 1. The van der Waals surface area contributed by atoms with E-state index in [2.05, 4.69) is 17.0 Å². The SMILES string of the molecule is CC(CN)C(=O)N(C)Cc1ccccc1N1CCOCC1. The van der Waals surface area contributed by atoms with Crippen LogP contribution in [0.4, 0.5) is 5.69 Å². The van der Waals surface area contributed by atoms with Crippen LogP contribution in [0.15, 0.2) is 24.3 Å². The maximum Gasteiger partial charge on any atom is 0.226 e. The molecule has 0 saturated carbocycles. The molecule has 116 valence electrons. The van der Waals surface area contributed by atoms with Crippen molar-refractivity contribution in [3.8, 4) is 0 Å². The molecule has 1 atom stereocenters. The van der Waals surface area contributed by atoms with Crippen molar-refractivity contribution in [1.82, 2.24) is 4.90 Å². The van der Waals surface area contributed by atoms with Gasteiger partial charge in [-0.2, -0.15) is 0 Å². The number of rotatable bonds is 5. The Morgan fingerprint density at radius 2 is 2.05 bits per heavy atom. The number of hydrogen-bond acceptors (Lipinski definition) is 4. The van der Waals surface area contributed by atoms with Gasteiger partial charge in [0, 0.05) is 44.8 Å². The molecule has 0 bridgehead atoms. The van der Waals surface area contributed by atoms with E-state index in [-0.39, 0.29) is 11.8 Å². The molecule has 1 amide bonds. The molecule has 1 heterocycles. The predicted molar refractivity (Wildman–Crippen MR) is 84.2 cm³/mol. The highest BCUT2D eigenvalue weighted by molar-refractivity contribution is 5.78. The number of morpholine rings is 1. The molecule has 1 saturated heterocycles. The zero-order valence-corrected chi connectivity index (χ0v) is 12.9. The Morgan fingerprint density at radius 3 is 2.71 bits per heavy atom. The lowest BCUT2D eigenvalue weighted by Crippen LogP contribution is -2.38. The minimum Gasteiger partial charge on any atom is -0.378 e. The number of carbonyl (C=O) groups is 1. The molecule has 2 N–H and O–H groups in total. The molecular weight excluding hydrogens is 266 g/mol. The fraction of sp³-hybridized carbons (Fsp3) is 0.562. The summed E-state index contributed by atoms with van der Waals surface area (Å²) in [6.07, 6.45) is 0. The third-order valence-corrected chi connectivity index (χ3v) is 3.90. The van der Waals surface area contributed by atoms with Crippen LogP contribution in [0.5, 0.6) is 0 Å². The quantitative estimate of drug-likeness (QED) is 0.882. The third-order valence-electron chi connectivity index (χ3n) is 3.90. The normalized spacial score (nSPS) is 16.6. The summed E-state index contributed by atoms with van der Waals surface area (Å²) in [6.45, 7) is 6.17. The summed E-state index contributed by atoms with van der Waals surface area (Å²) in [7, 11) is 1.84. The summed E-state index contributed by atoms with van der Waals surface area (Å²) in [6, 6.07) is 8.26. The van der Waals surface area contributed by atoms with Gasteiger partial charge in [0.25, 0.3) is 0 Å². The van der Waals surface area contributed by atoms with Crippen molar-refractivity contribution in [3.05, 3.63) is 29.8 Å². The van der Waals surface area contributed by atoms with Gasteiger partial charge in [0.15, 0.2) is 0 Å². The molecule has 1 unspecified atom stereocenters. The van der Waals surface area contributed by atoms with Crippen LogP contribution in [-0.2, 0) is 16.1 Å². The van der Waals surface area contributed by atoms with Crippen LogP contribution in [0.25, 0.3) is 0 Å². The van der Waals surface area contributed by atoms with Crippen molar-refractivity contribution in [2.75, 3.05) is 44.8 Å².